The van der Waals surface area contributed by atoms with Gasteiger partial charge in [0.1, 0.15) is 0 Å². The summed E-state index contributed by atoms with van der Waals surface area (Å²) < 4.78 is 0. The fraction of sp³-hybridized carbons (Fsp3) is 0.417. The van der Waals surface area contributed by atoms with Crippen molar-refractivity contribution in [2.75, 3.05) is 29.4 Å². The van der Waals surface area contributed by atoms with Crippen LogP contribution in [0.25, 0.3) is 0 Å². The molecule has 0 aliphatic carbocycles. The second-order valence-corrected chi connectivity index (χ2v) is 8.24. The standard InChI is InChI=1S/C24H29N3O2/c1-18-5-3-13-26(17-18)21-11-9-19(10-12-21)16-25-24(29)20-6-2-7-22(15-20)27-14-4-8-23(27)28/h2,6-7,9-12,15,18H,3-5,8,13-14,16-17H2,1H3,(H,25,29). The van der Waals surface area contributed by atoms with E-state index >= 15 is 0 Å². The number of benzene rings is 2. The zero-order valence-corrected chi connectivity index (χ0v) is 17.1. The highest BCUT2D eigenvalue weighted by Crippen LogP contribution is 2.24. The Morgan fingerprint density at radius 3 is 2.62 bits per heavy atom. The molecule has 2 aliphatic rings. The van der Waals surface area contributed by atoms with Gasteiger partial charge in [-0.2, -0.15) is 0 Å². The Balaban J connectivity index is 1.35. The Bertz CT molecular complexity index is 878. The molecule has 1 unspecified atom stereocenters. The first-order valence-electron chi connectivity index (χ1n) is 10.6. The fourth-order valence-corrected chi connectivity index (χ4v) is 4.27. The minimum atomic E-state index is -0.118. The fourth-order valence-electron chi connectivity index (χ4n) is 4.27. The summed E-state index contributed by atoms with van der Waals surface area (Å²) in [5, 5.41) is 2.99. The normalized spacial score (nSPS) is 19.5. The molecule has 2 aromatic rings. The molecule has 0 radical (unpaired) electrons. The predicted octanol–water partition coefficient (Wildman–Crippen LogP) is 3.98. The molecule has 1 N–H and O–H groups in total. The summed E-state index contributed by atoms with van der Waals surface area (Å²) in [6.45, 7) is 5.77. The summed E-state index contributed by atoms with van der Waals surface area (Å²) in [4.78, 5) is 28.7. The molecule has 2 saturated heterocycles. The molecular weight excluding hydrogens is 362 g/mol. The van der Waals surface area contributed by atoms with Gasteiger partial charge in [-0.1, -0.05) is 25.1 Å². The van der Waals surface area contributed by atoms with Gasteiger partial charge < -0.3 is 15.1 Å². The molecule has 5 heteroatoms. The predicted molar refractivity (Wildman–Crippen MR) is 116 cm³/mol. The van der Waals surface area contributed by atoms with Gasteiger partial charge in [0.25, 0.3) is 5.91 Å². The second-order valence-electron chi connectivity index (χ2n) is 8.24. The van der Waals surface area contributed by atoms with Gasteiger partial charge in [0.05, 0.1) is 0 Å². The van der Waals surface area contributed by atoms with E-state index < -0.39 is 0 Å². The molecule has 2 fully saturated rings. The van der Waals surface area contributed by atoms with E-state index in [0.717, 1.165) is 43.2 Å². The van der Waals surface area contributed by atoms with E-state index in [0.29, 0.717) is 18.5 Å². The van der Waals surface area contributed by atoms with E-state index in [2.05, 4.69) is 41.4 Å². The second kappa shape index (κ2) is 8.68. The number of nitrogens with one attached hydrogen (secondary N) is 1. The molecule has 152 valence electrons. The Morgan fingerprint density at radius 1 is 1.07 bits per heavy atom. The number of anilines is 2. The third-order valence-corrected chi connectivity index (χ3v) is 5.91. The number of amides is 2. The maximum absolute atomic E-state index is 12.6. The highest BCUT2D eigenvalue weighted by Gasteiger charge is 2.22. The first-order chi connectivity index (χ1) is 14.1. The van der Waals surface area contributed by atoms with Crippen molar-refractivity contribution in [2.45, 2.75) is 39.2 Å². The Kier molecular flexibility index (Phi) is 5.84. The van der Waals surface area contributed by atoms with Crippen LogP contribution in [-0.4, -0.2) is 31.4 Å². The zero-order valence-electron chi connectivity index (χ0n) is 17.1. The number of rotatable bonds is 5. The molecule has 2 aliphatic heterocycles. The molecular formula is C24H29N3O2. The molecule has 4 rings (SSSR count). The third-order valence-electron chi connectivity index (χ3n) is 5.91. The van der Waals surface area contributed by atoms with Crippen LogP contribution in [0.3, 0.4) is 0 Å². The van der Waals surface area contributed by atoms with Crippen LogP contribution in [0.2, 0.25) is 0 Å². The Hall–Kier alpha value is -2.82. The van der Waals surface area contributed by atoms with Gasteiger partial charge in [-0.25, -0.2) is 0 Å². The van der Waals surface area contributed by atoms with Crippen molar-refractivity contribution in [1.29, 1.82) is 0 Å². The summed E-state index contributed by atoms with van der Waals surface area (Å²) >= 11 is 0. The highest BCUT2D eigenvalue weighted by molar-refractivity contribution is 5.99. The highest BCUT2D eigenvalue weighted by atomic mass is 16.2. The van der Waals surface area contributed by atoms with Crippen molar-refractivity contribution in [1.82, 2.24) is 5.32 Å². The van der Waals surface area contributed by atoms with E-state index in [1.54, 1.807) is 17.0 Å². The van der Waals surface area contributed by atoms with E-state index in [9.17, 15) is 9.59 Å². The average Bonchev–Trinajstić information content (AvgIpc) is 3.18. The molecule has 2 amide bonds. The number of piperidine rings is 1. The van der Waals surface area contributed by atoms with Crippen LogP contribution in [0, 0.1) is 5.92 Å². The molecule has 0 bridgehead atoms. The lowest BCUT2D eigenvalue weighted by Gasteiger charge is -2.32. The maximum atomic E-state index is 12.6. The number of hydrogen-bond donors (Lipinski definition) is 1. The lowest BCUT2D eigenvalue weighted by molar-refractivity contribution is -0.117. The van der Waals surface area contributed by atoms with E-state index in [-0.39, 0.29) is 11.8 Å². The molecule has 1 atom stereocenters. The minimum Gasteiger partial charge on any atom is -0.371 e. The van der Waals surface area contributed by atoms with Crippen LogP contribution in [-0.2, 0) is 11.3 Å². The number of nitrogens with zero attached hydrogens (tertiary/aromatic N) is 2. The van der Waals surface area contributed by atoms with Crippen LogP contribution in [0.15, 0.2) is 48.5 Å². The van der Waals surface area contributed by atoms with Crippen LogP contribution < -0.4 is 15.1 Å². The quantitative estimate of drug-likeness (QED) is 0.839. The van der Waals surface area contributed by atoms with Crippen LogP contribution in [0.5, 0.6) is 0 Å². The van der Waals surface area contributed by atoms with E-state index in [4.69, 9.17) is 0 Å². The minimum absolute atomic E-state index is 0.118. The van der Waals surface area contributed by atoms with E-state index in [1.165, 1.54) is 18.5 Å². The number of carbonyl (C=O) groups is 2. The topological polar surface area (TPSA) is 52.7 Å². The molecule has 0 spiro atoms. The van der Waals surface area contributed by atoms with Crippen LogP contribution in [0.4, 0.5) is 11.4 Å². The van der Waals surface area contributed by atoms with Gasteiger partial charge in [-0.15, -0.1) is 0 Å². The van der Waals surface area contributed by atoms with Gasteiger partial charge in [0.2, 0.25) is 5.91 Å². The Labute approximate surface area is 172 Å². The molecule has 0 aromatic heterocycles. The molecule has 2 heterocycles. The molecule has 0 saturated carbocycles. The third kappa shape index (κ3) is 4.61. The largest absolute Gasteiger partial charge is 0.371 e. The van der Waals surface area contributed by atoms with E-state index in [1.807, 2.05) is 12.1 Å². The van der Waals surface area contributed by atoms with Crippen LogP contribution >= 0.6 is 0 Å². The SMILES string of the molecule is CC1CCCN(c2ccc(CNC(=O)c3cccc(N4CCCC4=O)c3)cc2)C1. The number of hydrogen-bond acceptors (Lipinski definition) is 3. The van der Waals surface area contributed by atoms with Crippen molar-refractivity contribution >= 4 is 23.2 Å². The van der Waals surface area contributed by atoms with Gasteiger partial charge >= 0.3 is 0 Å². The van der Waals surface area contributed by atoms with Crippen LogP contribution in [0.1, 0.15) is 48.5 Å². The maximum Gasteiger partial charge on any atom is 0.251 e. The van der Waals surface area contributed by atoms with Crippen molar-refractivity contribution in [3.8, 4) is 0 Å². The lowest BCUT2D eigenvalue weighted by atomic mass is 9.99. The summed E-state index contributed by atoms with van der Waals surface area (Å²) in [6.07, 6.45) is 4.03. The van der Waals surface area contributed by atoms with Gasteiger partial charge in [-0.3, -0.25) is 9.59 Å². The molecule has 5 nitrogen and oxygen atoms in total. The summed E-state index contributed by atoms with van der Waals surface area (Å²) in [5.74, 6) is 0.757. The zero-order chi connectivity index (χ0) is 20.2. The van der Waals surface area contributed by atoms with Gasteiger partial charge in [-0.05, 0) is 61.1 Å². The summed E-state index contributed by atoms with van der Waals surface area (Å²) in [5.41, 5.74) is 3.73. The van der Waals surface area contributed by atoms with Gasteiger partial charge in [0.15, 0.2) is 0 Å². The summed E-state index contributed by atoms with van der Waals surface area (Å²) in [6, 6.07) is 15.8. The van der Waals surface area contributed by atoms with Crippen molar-refractivity contribution in [3.05, 3.63) is 59.7 Å². The van der Waals surface area contributed by atoms with Crippen molar-refractivity contribution in [2.24, 2.45) is 5.92 Å². The first-order valence-corrected chi connectivity index (χ1v) is 10.6. The van der Waals surface area contributed by atoms with Gasteiger partial charge in [0, 0.05) is 49.5 Å². The smallest absolute Gasteiger partial charge is 0.251 e. The molecule has 29 heavy (non-hydrogen) atoms. The lowest BCUT2D eigenvalue weighted by Crippen LogP contribution is -2.34. The summed E-state index contributed by atoms with van der Waals surface area (Å²) in [7, 11) is 0. The van der Waals surface area contributed by atoms with Crippen molar-refractivity contribution < 1.29 is 9.59 Å². The number of carbonyl (C=O) groups excluding carboxylic acids is 2. The average molecular weight is 392 g/mol. The monoisotopic (exact) mass is 391 g/mol. The first kappa shape index (κ1) is 19.5. The molecule has 2 aromatic carbocycles. The van der Waals surface area contributed by atoms with Crippen molar-refractivity contribution in [3.63, 3.8) is 0 Å². The Morgan fingerprint density at radius 2 is 1.90 bits per heavy atom.